The highest BCUT2D eigenvalue weighted by Crippen LogP contribution is 2.21. The van der Waals surface area contributed by atoms with Crippen LogP contribution >= 0.6 is 0 Å². The van der Waals surface area contributed by atoms with Crippen LogP contribution in [0.15, 0.2) is 21.3 Å². The maximum atomic E-state index is 5.27. The first-order chi connectivity index (χ1) is 7.66. The molecule has 0 saturated heterocycles. The Morgan fingerprint density at radius 3 is 2.88 bits per heavy atom. The standard InChI is InChI=1S/C11H15N3O2/c1-7(2)12-6-9-13-11(16-14-9)10-8(3)4-5-15-10/h4-5,7,12H,6H2,1-3H3. The van der Waals surface area contributed by atoms with E-state index in [0.717, 1.165) is 5.56 Å². The Bertz CT molecular complexity index is 459. The highest BCUT2D eigenvalue weighted by molar-refractivity contribution is 5.49. The molecule has 16 heavy (non-hydrogen) atoms. The van der Waals surface area contributed by atoms with E-state index in [-0.39, 0.29) is 0 Å². The van der Waals surface area contributed by atoms with Crippen molar-refractivity contribution in [1.82, 2.24) is 15.5 Å². The molecule has 1 N–H and O–H groups in total. The fraction of sp³-hybridized carbons (Fsp3) is 0.455. The normalized spacial score (nSPS) is 11.2. The minimum absolute atomic E-state index is 0.396. The smallest absolute Gasteiger partial charge is 0.293 e. The van der Waals surface area contributed by atoms with Crippen LogP contribution in [-0.4, -0.2) is 16.2 Å². The molecule has 5 nitrogen and oxygen atoms in total. The average Bonchev–Trinajstić information content (AvgIpc) is 2.83. The Morgan fingerprint density at radius 2 is 2.25 bits per heavy atom. The van der Waals surface area contributed by atoms with E-state index in [1.807, 2.05) is 13.0 Å². The lowest BCUT2D eigenvalue weighted by Crippen LogP contribution is -2.22. The lowest BCUT2D eigenvalue weighted by Gasteiger charge is -2.02. The summed E-state index contributed by atoms with van der Waals surface area (Å²) in [4.78, 5) is 4.25. The maximum absolute atomic E-state index is 5.27. The zero-order valence-electron chi connectivity index (χ0n) is 9.65. The quantitative estimate of drug-likeness (QED) is 0.856. The van der Waals surface area contributed by atoms with Crippen LogP contribution in [-0.2, 0) is 6.54 Å². The molecule has 0 saturated carbocycles. The van der Waals surface area contributed by atoms with E-state index >= 15 is 0 Å². The van der Waals surface area contributed by atoms with Gasteiger partial charge in [0.05, 0.1) is 12.8 Å². The fourth-order valence-electron chi connectivity index (χ4n) is 1.31. The zero-order chi connectivity index (χ0) is 11.5. The number of rotatable bonds is 4. The van der Waals surface area contributed by atoms with Crippen LogP contribution < -0.4 is 5.32 Å². The van der Waals surface area contributed by atoms with E-state index in [0.29, 0.717) is 30.1 Å². The molecule has 0 aromatic carbocycles. The van der Waals surface area contributed by atoms with E-state index in [2.05, 4.69) is 29.3 Å². The lowest BCUT2D eigenvalue weighted by molar-refractivity contribution is 0.404. The first-order valence-corrected chi connectivity index (χ1v) is 5.27. The van der Waals surface area contributed by atoms with Gasteiger partial charge in [-0.2, -0.15) is 4.98 Å². The molecular weight excluding hydrogens is 206 g/mol. The van der Waals surface area contributed by atoms with E-state index in [9.17, 15) is 0 Å². The first kappa shape index (κ1) is 10.9. The number of furan rings is 1. The summed E-state index contributed by atoms with van der Waals surface area (Å²) in [5, 5.41) is 7.10. The highest BCUT2D eigenvalue weighted by atomic mass is 16.5. The SMILES string of the molecule is Cc1ccoc1-c1nc(CNC(C)C)no1. The van der Waals surface area contributed by atoms with Crippen molar-refractivity contribution < 1.29 is 8.94 Å². The van der Waals surface area contributed by atoms with Crippen molar-refractivity contribution in [3.8, 4) is 11.7 Å². The second kappa shape index (κ2) is 4.49. The van der Waals surface area contributed by atoms with Crippen molar-refractivity contribution >= 4 is 0 Å². The molecule has 0 amide bonds. The van der Waals surface area contributed by atoms with Gasteiger partial charge in [-0.3, -0.25) is 0 Å². The Labute approximate surface area is 93.8 Å². The average molecular weight is 221 g/mol. The van der Waals surface area contributed by atoms with Crippen LogP contribution in [0.2, 0.25) is 0 Å². The summed E-state index contributed by atoms with van der Waals surface area (Å²) in [6.07, 6.45) is 1.61. The second-order valence-electron chi connectivity index (χ2n) is 3.98. The van der Waals surface area contributed by atoms with Gasteiger partial charge in [-0.25, -0.2) is 0 Å². The molecule has 2 aromatic rings. The summed E-state index contributed by atoms with van der Waals surface area (Å²) >= 11 is 0. The molecule has 2 rings (SSSR count). The molecule has 0 aliphatic rings. The monoisotopic (exact) mass is 221 g/mol. The van der Waals surface area contributed by atoms with Gasteiger partial charge < -0.3 is 14.3 Å². The summed E-state index contributed by atoms with van der Waals surface area (Å²) < 4.78 is 10.4. The van der Waals surface area contributed by atoms with Gasteiger partial charge in [0.1, 0.15) is 0 Å². The summed E-state index contributed by atoms with van der Waals surface area (Å²) in [7, 11) is 0. The molecule has 0 fully saturated rings. The Hall–Kier alpha value is -1.62. The van der Waals surface area contributed by atoms with Crippen molar-refractivity contribution in [2.75, 3.05) is 0 Å². The number of nitrogens with one attached hydrogen (secondary N) is 1. The van der Waals surface area contributed by atoms with Gasteiger partial charge in [0.2, 0.25) is 0 Å². The van der Waals surface area contributed by atoms with Gasteiger partial charge in [0.25, 0.3) is 5.89 Å². The molecule has 0 spiro atoms. The van der Waals surface area contributed by atoms with E-state index < -0.39 is 0 Å². The lowest BCUT2D eigenvalue weighted by atomic mass is 10.3. The summed E-state index contributed by atoms with van der Waals surface area (Å²) in [5.41, 5.74) is 0.993. The van der Waals surface area contributed by atoms with Crippen molar-refractivity contribution in [2.45, 2.75) is 33.4 Å². The molecular formula is C11H15N3O2. The van der Waals surface area contributed by atoms with Crippen LogP contribution in [0, 0.1) is 6.92 Å². The molecule has 86 valence electrons. The Kier molecular flexibility index (Phi) is 3.05. The van der Waals surface area contributed by atoms with Gasteiger partial charge in [0.15, 0.2) is 11.6 Å². The van der Waals surface area contributed by atoms with Crippen LogP contribution in [0.3, 0.4) is 0 Å². The molecule has 0 atom stereocenters. The van der Waals surface area contributed by atoms with Crippen LogP contribution in [0.4, 0.5) is 0 Å². The van der Waals surface area contributed by atoms with Gasteiger partial charge >= 0.3 is 0 Å². The van der Waals surface area contributed by atoms with Crippen molar-refractivity contribution in [2.24, 2.45) is 0 Å². The van der Waals surface area contributed by atoms with Crippen LogP contribution in [0.1, 0.15) is 25.2 Å². The molecule has 5 heteroatoms. The number of hydrogen-bond donors (Lipinski definition) is 1. The number of aromatic nitrogens is 2. The predicted molar refractivity (Wildman–Crippen MR) is 58.7 cm³/mol. The number of aryl methyl sites for hydroxylation is 1. The van der Waals surface area contributed by atoms with Crippen molar-refractivity contribution in [3.05, 3.63) is 23.7 Å². The van der Waals surface area contributed by atoms with Gasteiger partial charge in [-0.1, -0.05) is 19.0 Å². The Balaban J connectivity index is 2.11. The zero-order valence-corrected chi connectivity index (χ0v) is 9.65. The third-order valence-electron chi connectivity index (χ3n) is 2.19. The highest BCUT2D eigenvalue weighted by Gasteiger charge is 2.13. The first-order valence-electron chi connectivity index (χ1n) is 5.27. The van der Waals surface area contributed by atoms with Gasteiger partial charge in [0, 0.05) is 11.6 Å². The molecule has 0 radical (unpaired) electrons. The predicted octanol–water partition coefficient (Wildman–Crippen LogP) is 2.14. The second-order valence-corrected chi connectivity index (χ2v) is 3.98. The minimum Gasteiger partial charge on any atom is -0.459 e. The molecule has 2 heterocycles. The van der Waals surface area contributed by atoms with E-state index in [1.54, 1.807) is 6.26 Å². The molecule has 0 bridgehead atoms. The topological polar surface area (TPSA) is 64.1 Å². The largest absolute Gasteiger partial charge is 0.459 e. The number of hydrogen-bond acceptors (Lipinski definition) is 5. The maximum Gasteiger partial charge on any atom is 0.293 e. The molecule has 0 aliphatic heterocycles. The third kappa shape index (κ3) is 2.30. The van der Waals surface area contributed by atoms with E-state index in [4.69, 9.17) is 8.94 Å². The Morgan fingerprint density at radius 1 is 1.44 bits per heavy atom. The molecule has 0 unspecified atom stereocenters. The van der Waals surface area contributed by atoms with Crippen molar-refractivity contribution in [1.29, 1.82) is 0 Å². The minimum atomic E-state index is 0.396. The fourth-order valence-corrected chi connectivity index (χ4v) is 1.31. The summed E-state index contributed by atoms with van der Waals surface area (Å²) in [6.45, 7) is 6.67. The van der Waals surface area contributed by atoms with E-state index in [1.165, 1.54) is 0 Å². The molecule has 0 aliphatic carbocycles. The van der Waals surface area contributed by atoms with Crippen LogP contribution in [0.25, 0.3) is 11.7 Å². The summed E-state index contributed by atoms with van der Waals surface area (Å²) in [6, 6.07) is 2.26. The van der Waals surface area contributed by atoms with Gasteiger partial charge in [-0.05, 0) is 13.0 Å². The van der Waals surface area contributed by atoms with Gasteiger partial charge in [-0.15, -0.1) is 0 Å². The summed E-state index contributed by atoms with van der Waals surface area (Å²) in [5.74, 6) is 1.71. The molecule has 2 aromatic heterocycles. The van der Waals surface area contributed by atoms with Crippen LogP contribution in [0.5, 0.6) is 0 Å². The number of nitrogens with zero attached hydrogens (tertiary/aromatic N) is 2. The third-order valence-corrected chi connectivity index (χ3v) is 2.19. The van der Waals surface area contributed by atoms with Crippen molar-refractivity contribution in [3.63, 3.8) is 0 Å².